The van der Waals surface area contributed by atoms with Gasteiger partial charge in [-0.15, -0.1) is 0 Å². The number of thiazole rings is 1. The molecule has 0 aliphatic carbocycles. The molecule has 1 N–H and O–H groups in total. The number of anilines is 2. The van der Waals surface area contributed by atoms with E-state index in [1.165, 1.54) is 4.90 Å². The molecule has 38 heavy (non-hydrogen) atoms. The third kappa shape index (κ3) is 3.97. The Morgan fingerprint density at radius 3 is 2.39 bits per heavy atom. The standard InChI is InChI=1S/C28H19N5O4S/c1-16-11-13-18(14-12-16)29-21(34)15-32-20-10-6-5-9-19(20)22(26(32)36)24-27(37)33-28(38-24)30-25(35)23(31-33)17-7-3-2-4-8-17/h2-14H,15H2,1H3,(H,29,34)/b24-22-. The van der Waals surface area contributed by atoms with Crippen LogP contribution in [0.2, 0.25) is 0 Å². The van der Waals surface area contributed by atoms with Crippen LogP contribution in [0.1, 0.15) is 11.1 Å². The summed E-state index contributed by atoms with van der Waals surface area (Å²) in [6.45, 7) is 1.71. The van der Waals surface area contributed by atoms with Gasteiger partial charge in [-0.05, 0) is 25.1 Å². The van der Waals surface area contributed by atoms with Gasteiger partial charge in [-0.25, -0.2) is 0 Å². The number of benzene rings is 3. The fourth-order valence-corrected chi connectivity index (χ4v) is 5.37. The normalized spacial score (nSPS) is 14.1. The fraction of sp³-hybridized carbons (Fsp3) is 0.0714. The molecule has 0 saturated heterocycles. The molecule has 6 rings (SSSR count). The molecule has 0 atom stereocenters. The van der Waals surface area contributed by atoms with E-state index in [2.05, 4.69) is 15.4 Å². The monoisotopic (exact) mass is 521 g/mol. The predicted molar refractivity (Wildman–Crippen MR) is 145 cm³/mol. The zero-order valence-electron chi connectivity index (χ0n) is 20.0. The Morgan fingerprint density at radius 1 is 0.921 bits per heavy atom. The number of rotatable bonds is 4. The van der Waals surface area contributed by atoms with Crippen LogP contribution < -0.4 is 25.9 Å². The molecule has 2 aromatic heterocycles. The summed E-state index contributed by atoms with van der Waals surface area (Å²) in [6.07, 6.45) is 0. The van der Waals surface area contributed by atoms with Crippen LogP contribution in [0.3, 0.4) is 0 Å². The molecule has 9 nitrogen and oxygen atoms in total. The molecule has 0 unspecified atom stereocenters. The van der Waals surface area contributed by atoms with E-state index in [9.17, 15) is 19.2 Å². The number of hydrogen-bond acceptors (Lipinski definition) is 7. The summed E-state index contributed by atoms with van der Waals surface area (Å²) in [5.41, 5.74) is 2.32. The van der Waals surface area contributed by atoms with Gasteiger partial charge < -0.3 is 5.32 Å². The van der Waals surface area contributed by atoms with Crippen molar-refractivity contribution < 1.29 is 9.59 Å². The molecule has 0 saturated carbocycles. The minimum Gasteiger partial charge on any atom is -0.325 e. The van der Waals surface area contributed by atoms with Gasteiger partial charge >= 0.3 is 5.56 Å². The van der Waals surface area contributed by atoms with Crippen molar-refractivity contribution in [3.8, 4) is 11.3 Å². The average molecular weight is 522 g/mol. The van der Waals surface area contributed by atoms with Crippen LogP contribution in [0, 0.1) is 6.92 Å². The number of nitrogens with zero attached hydrogens (tertiary/aromatic N) is 4. The van der Waals surface area contributed by atoms with Gasteiger partial charge in [0.25, 0.3) is 11.5 Å². The summed E-state index contributed by atoms with van der Waals surface area (Å²) in [4.78, 5) is 58.1. The quantitative estimate of drug-likeness (QED) is 0.389. The molecule has 0 spiro atoms. The van der Waals surface area contributed by atoms with Gasteiger partial charge in [-0.2, -0.15) is 14.6 Å². The van der Waals surface area contributed by atoms with Gasteiger partial charge in [0.2, 0.25) is 10.9 Å². The Balaban J connectivity index is 1.44. The van der Waals surface area contributed by atoms with E-state index in [1.54, 1.807) is 66.7 Å². The summed E-state index contributed by atoms with van der Waals surface area (Å²) in [5, 5.41) is 7.08. The number of aryl methyl sites for hydroxylation is 1. The van der Waals surface area contributed by atoms with Gasteiger partial charge in [0.05, 0.1) is 11.3 Å². The molecular weight excluding hydrogens is 502 g/mol. The highest BCUT2D eigenvalue weighted by atomic mass is 32.1. The first-order valence-corrected chi connectivity index (χ1v) is 12.5. The van der Waals surface area contributed by atoms with E-state index in [-0.39, 0.29) is 33.2 Å². The third-order valence-electron chi connectivity index (χ3n) is 6.20. The molecular formula is C28H19N5O4S. The number of carbonyl (C=O) groups is 2. The van der Waals surface area contributed by atoms with Crippen LogP contribution >= 0.6 is 11.3 Å². The van der Waals surface area contributed by atoms with Crippen molar-refractivity contribution in [3.63, 3.8) is 0 Å². The van der Waals surface area contributed by atoms with Crippen molar-refractivity contribution in [1.82, 2.24) is 14.6 Å². The number of para-hydroxylation sites is 1. The van der Waals surface area contributed by atoms with Crippen molar-refractivity contribution in [2.75, 3.05) is 16.8 Å². The summed E-state index contributed by atoms with van der Waals surface area (Å²) in [7, 11) is 0. The topological polar surface area (TPSA) is 114 Å². The van der Waals surface area contributed by atoms with Gasteiger partial charge in [-0.1, -0.05) is 77.6 Å². The molecule has 3 aromatic carbocycles. The second-order valence-corrected chi connectivity index (χ2v) is 9.74. The van der Waals surface area contributed by atoms with Gasteiger partial charge in [0, 0.05) is 16.8 Å². The molecule has 0 radical (unpaired) electrons. The highest BCUT2D eigenvalue weighted by molar-refractivity contribution is 7.15. The van der Waals surface area contributed by atoms with Crippen LogP contribution in [0.5, 0.6) is 0 Å². The van der Waals surface area contributed by atoms with Crippen LogP contribution in [0.15, 0.2) is 88.5 Å². The van der Waals surface area contributed by atoms with Crippen molar-refractivity contribution in [1.29, 1.82) is 0 Å². The van der Waals surface area contributed by atoms with Crippen molar-refractivity contribution in [2.45, 2.75) is 6.92 Å². The van der Waals surface area contributed by atoms with E-state index >= 15 is 0 Å². The predicted octanol–water partition coefficient (Wildman–Crippen LogP) is 2.39. The lowest BCUT2D eigenvalue weighted by molar-refractivity contribution is -0.118. The SMILES string of the molecule is Cc1ccc(NC(=O)CN2C(=O)/C(=c3\sc4nc(=O)c(-c5ccccc5)nn4c3=O)c3ccccc32)cc1. The third-order valence-corrected chi connectivity index (χ3v) is 7.23. The summed E-state index contributed by atoms with van der Waals surface area (Å²) in [6, 6.07) is 23.1. The Labute approximate surface area is 219 Å². The van der Waals surface area contributed by atoms with E-state index < -0.39 is 17.0 Å². The first-order chi connectivity index (χ1) is 18.4. The molecule has 0 bridgehead atoms. The number of nitrogens with one attached hydrogen (secondary N) is 1. The molecule has 5 aromatic rings. The largest absolute Gasteiger partial charge is 0.325 e. The van der Waals surface area contributed by atoms with E-state index in [0.29, 0.717) is 22.5 Å². The molecule has 186 valence electrons. The Kier molecular flexibility index (Phi) is 5.65. The first kappa shape index (κ1) is 23.4. The Morgan fingerprint density at radius 2 is 1.63 bits per heavy atom. The Hall–Kier alpha value is -4.96. The van der Waals surface area contributed by atoms with Crippen molar-refractivity contribution in [2.24, 2.45) is 0 Å². The smallest absolute Gasteiger partial charge is 0.300 e. The van der Waals surface area contributed by atoms with Gasteiger partial charge in [0.1, 0.15) is 11.1 Å². The van der Waals surface area contributed by atoms with Gasteiger partial charge in [-0.3, -0.25) is 24.1 Å². The maximum absolute atomic E-state index is 13.6. The maximum Gasteiger partial charge on any atom is 0.300 e. The lowest BCUT2D eigenvalue weighted by atomic mass is 10.1. The van der Waals surface area contributed by atoms with Crippen LogP contribution in [-0.2, 0) is 9.59 Å². The highest BCUT2D eigenvalue weighted by Gasteiger charge is 2.35. The van der Waals surface area contributed by atoms with E-state index in [0.717, 1.165) is 21.4 Å². The van der Waals surface area contributed by atoms with E-state index in [4.69, 9.17) is 0 Å². The molecule has 1 aliphatic heterocycles. The number of fused-ring (bicyclic) bond motifs is 2. The molecule has 10 heteroatoms. The summed E-state index contributed by atoms with van der Waals surface area (Å²) in [5.74, 6) is -0.863. The van der Waals surface area contributed by atoms with Crippen LogP contribution in [0.25, 0.3) is 21.8 Å². The minimum absolute atomic E-state index is 0.0436. The number of hydrogen-bond donors (Lipinski definition) is 1. The minimum atomic E-state index is -0.568. The van der Waals surface area contributed by atoms with E-state index in [1.807, 2.05) is 19.1 Å². The zero-order valence-corrected chi connectivity index (χ0v) is 20.9. The first-order valence-electron chi connectivity index (χ1n) is 11.7. The maximum atomic E-state index is 13.6. The fourth-order valence-electron chi connectivity index (χ4n) is 4.37. The average Bonchev–Trinajstić information content (AvgIpc) is 3.37. The van der Waals surface area contributed by atoms with Crippen molar-refractivity contribution in [3.05, 3.63) is 115 Å². The number of amides is 2. The lowest BCUT2D eigenvalue weighted by Crippen LogP contribution is -2.37. The zero-order chi connectivity index (χ0) is 26.4. The molecule has 3 heterocycles. The molecule has 2 amide bonds. The van der Waals surface area contributed by atoms with Crippen LogP contribution in [0.4, 0.5) is 11.4 Å². The number of carbonyl (C=O) groups excluding carboxylic acids is 2. The second-order valence-electron chi connectivity index (χ2n) is 8.76. The molecule has 1 aliphatic rings. The van der Waals surface area contributed by atoms with Crippen molar-refractivity contribution >= 4 is 45.1 Å². The summed E-state index contributed by atoms with van der Waals surface area (Å²) < 4.78 is 1.16. The summed E-state index contributed by atoms with van der Waals surface area (Å²) >= 11 is 0.923. The van der Waals surface area contributed by atoms with Gasteiger partial charge in [0.15, 0.2) is 5.69 Å². The molecule has 0 fully saturated rings. The van der Waals surface area contributed by atoms with Crippen LogP contribution in [-0.4, -0.2) is 33.0 Å². The second kappa shape index (κ2) is 9.16. The number of aromatic nitrogens is 3. The highest BCUT2D eigenvalue weighted by Crippen LogP contribution is 2.35. The Bertz CT molecular complexity index is 1910. The lowest BCUT2D eigenvalue weighted by Gasteiger charge is -2.16.